The van der Waals surface area contributed by atoms with Crippen molar-refractivity contribution in [3.05, 3.63) is 53.4 Å². The molecule has 2 N–H and O–H groups in total. The van der Waals surface area contributed by atoms with Crippen LogP contribution in [-0.4, -0.2) is 46.7 Å². The predicted octanol–water partition coefficient (Wildman–Crippen LogP) is 1.29. The highest BCUT2D eigenvalue weighted by atomic mass is 35.5. The average Bonchev–Trinajstić information content (AvgIpc) is 3.00. The molecule has 6 nitrogen and oxygen atoms in total. The van der Waals surface area contributed by atoms with E-state index in [9.17, 15) is 9.90 Å². The van der Waals surface area contributed by atoms with Gasteiger partial charge in [-0.2, -0.15) is 0 Å². The molecule has 0 aliphatic carbocycles. The van der Waals surface area contributed by atoms with Crippen molar-refractivity contribution in [2.24, 2.45) is 5.92 Å². The van der Waals surface area contributed by atoms with E-state index in [0.29, 0.717) is 24.5 Å². The molecule has 126 valence electrons. The van der Waals surface area contributed by atoms with Crippen molar-refractivity contribution in [2.75, 3.05) is 24.6 Å². The Morgan fingerprint density at radius 3 is 2.75 bits per heavy atom. The summed E-state index contributed by atoms with van der Waals surface area (Å²) in [5.74, 6) is 0.720. The van der Waals surface area contributed by atoms with E-state index in [0.717, 1.165) is 11.4 Å². The fourth-order valence-corrected chi connectivity index (χ4v) is 3.05. The number of amides is 1. The molecular formula is C17H19ClN4O2. The first-order chi connectivity index (χ1) is 11.7. The third-order valence-electron chi connectivity index (χ3n) is 4.19. The van der Waals surface area contributed by atoms with Gasteiger partial charge < -0.3 is 15.3 Å². The Bertz CT molecular complexity index is 681. The van der Waals surface area contributed by atoms with Crippen LogP contribution >= 0.6 is 11.6 Å². The van der Waals surface area contributed by atoms with Crippen molar-refractivity contribution in [3.8, 4) is 0 Å². The predicted molar refractivity (Wildman–Crippen MR) is 91.9 cm³/mol. The van der Waals surface area contributed by atoms with Gasteiger partial charge in [0.1, 0.15) is 12.1 Å². The average molecular weight is 347 g/mol. The van der Waals surface area contributed by atoms with E-state index in [1.54, 1.807) is 18.3 Å². The number of aromatic nitrogens is 2. The second kappa shape index (κ2) is 7.59. The number of hydrogen-bond acceptors (Lipinski definition) is 5. The Kier molecular flexibility index (Phi) is 5.27. The van der Waals surface area contributed by atoms with E-state index in [4.69, 9.17) is 11.6 Å². The van der Waals surface area contributed by atoms with E-state index in [2.05, 4.69) is 20.2 Å². The summed E-state index contributed by atoms with van der Waals surface area (Å²) in [5, 5.41) is 13.3. The summed E-state index contributed by atoms with van der Waals surface area (Å²) in [5.41, 5.74) is 0.906. The van der Waals surface area contributed by atoms with Crippen molar-refractivity contribution in [1.29, 1.82) is 0 Å². The molecule has 24 heavy (non-hydrogen) atoms. The van der Waals surface area contributed by atoms with Crippen LogP contribution in [0.1, 0.15) is 5.56 Å². The fraction of sp³-hybridized carbons (Fsp3) is 0.353. The number of halogens is 1. The van der Waals surface area contributed by atoms with Gasteiger partial charge >= 0.3 is 0 Å². The lowest BCUT2D eigenvalue weighted by Gasteiger charge is -2.18. The lowest BCUT2D eigenvalue weighted by Crippen LogP contribution is -2.42. The molecule has 2 aromatic rings. The number of nitrogens with one attached hydrogen (secondary N) is 1. The molecule has 0 saturated carbocycles. The third-order valence-corrected chi connectivity index (χ3v) is 4.44. The molecule has 1 aromatic heterocycles. The van der Waals surface area contributed by atoms with Crippen LogP contribution in [0.25, 0.3) is 0 Å². The molecule has 2 unspecified atom stereocenters. The second-order valence-electron chi connectivity index (χ2n) is 5.89. The smallest absolute Gasteiger partial charge is 0.224 e. The van der Waals surface area contributed by atoms with Crippen molar-refractivity contribution in [3.63, 3.8) is 0 Å². The van der Waals surface area contributed by atoms with E-state index < -0.39 is 0 Å². The van der Waals surface area contributed by atoms with Gasteiger partial charge in [-0.25, -0.2) is 9.97 Å². The number of hydrogen-bond donors (Lipinski definition) is 2. The fourth-order valence-electron chi connectivity index (χ4n) is 2.92. The zero-order valence-electron chi connectivity index (χ0n) is 13.1. The molecule has 1 aliphatic rings. The standard InChI is InChI=1S/C17H19ClN4O2/c18-14-3-1-12(2-4-14)7-17(24)21-15-9-22(8-13(15)10-23)16-5-6-19-11-20-16/h1-6,11,13,15,23H,7-10H2,(H,21,24). The highest BCUT2D eigenvalue weighted by Gasteiger charge is 2.33. The summed E-state index contributed by atoms with van der Waals surface area (Å²) in [6.07, 6.45) is 3.47. The zero-order valence-corrected chi connectivity index (χ0v) is 13.9. The van der Waals surface area contributed by atoms with Crippen LogP contribution in [0.4, 0.5) is 5.82 Å². The summed E-state index contributed by atoms with van der Waals surface area (Å²) in [6, 6.07) is 8.94. The monoisotopic (exact) mass is 346 g/mol. The summed E-state index contributed by atoms with van der Waals surface area (Å²) in [4.78, 5) is 22.5. The molecule has 2 atom stereocenters. The normalized spacial score (nSPS) is 20.2. The largest absolute Gasteiger partial charge is 0.396 e. The zero-order chi connectivity index (χ0) is 16.9. The number of aliphatic hydroxyl groups is 1. The molecular weight excluding hydrogens is 328 g/mol. The van der Waals surface area contributed by atoms with Gasteiger partial charge in [-0.15, -0.1) is 0 Å². The van der Waals surface area contributed by atoms with Crippen LogP contribution in [0.2, 0.25) is 5.02 Å². The van der Waals surface area contributed by atoms with Crippen molar-refractivity contribution in [2.45, 2.75) is 12.5 Å². The van der Waals surface area contributed by atoms with Crippen LogP contribution in [0.3, 0.4) is 0 Å². The van der Waals surface area contributed by atoms with E-state index in [-0.39, 0.29) is 24.5 Å². The molecule has 1 aromatic carbocycles. The highest BCUT2D eigenvalue weighted by molar-refractivity contribution is 6.30. The minimum absolute atomic E-state index is 0.0193. The van der Waals surface area contributed by atoms with Gasteiger partial charge in [-0.05, 0) is 23.8 Å². The lowest BCUT2D eigenvalue weighted by atomic mass is 10.0. The van der Waals surface area contributed by atoms with Gasteiger partial charge in [0, 0.05) is 36.8 Å². The van der Waals surface area contributed by atoms with Crippen LogP contribution in [0, 0.1) is 5.92 Å². The number of aliphatic hydroxyl groups excluding tert-OH is 1. The number of carbonyl (C=O) groups is 1. The number of nitrogens with zero attached hydrogens (tertiary/aromatic N) is 3. The molecule has 1 saturated heterocycles. The molecule has 3 rings (SSSR count). The summed E-state index contributed by atoms with van der Waals surface area (Å²) in [7, 11) is 0. The molecule has 1 aliphatic heterocycles. The van der Waals surface area contributed by atoms with Crippen LogP contribution < -0.4 is 10.2 Å². The number of rotatable bonds is 5. The van der Waals surface area contributed by atoms with E-state index >= 15 is 0 Å². The molecule has 0 spiro atoms. The highest BCUT2D eigenvalue weighted by Crippen LogP contribution is 2.22. The minimum atomic E-state index is -0.107. The Labute approximate surface area is 145 Å². The summed E-state index contributed by atoms with van der Waals surface area (Å²) in [6.45, 7) is 1.29. The maximum absolute atomic E-state index is 12.3. The second-order valence-corrected chi connectivity index (χ2v) is 6.33. The Balaban J connectivity index is 1.61. The molecule has 1 amide bonds. The van der Waals surface area contributed by atoms with Gasteiger partial charge in [-0.1, -0.05) is 23.7 Å². The molecule has 0 radical (unpaired) electrons. The lowest BCUT2D eigenvalue weighted by molar-refractivity contribution is -0.121. The summed E-state index contributed by atoms with van der Waals surface area (Å²) >= 11 is 5.85. The first kappa shape index (κ1) is 16.7. The van der Waals surface area contributed by atoms with Gasteiger partial charge in [-0.3, -0.25) is 4.79 Å². The van der Waals surface area contributed by atoms with Crippen LogP contribution in [-0.2, 0) is 11.2 Å². The van der Waals surface area contributed by atoms with Gasteiger partial charge in [0.2, 0.25) is 5.91 Å². The first-order valence-electron chi connectivity index (χ1n) is 7.81. The summed E-state index contributed by atoms with van der Waals surface area (Å²) < 4.78 is 0. The quantitative estimate of drug-likeness (QED) is 0.853. The maximum Gasteiger partial charge on any atom is 0.224 e. The minimum Gasteiger partial charge on any atom is -0.396 e. The van der Waals surface area contributed by atoms with E-state index in [1.165, 1.54) is 6.33 Å². The molecule has 0 bridgehead atoms. The van der Waals surface area contributed by atoms with Crippen molar-refractivity contribution >= 4 is 23.3 Å². The van der Waals surface area contributed by atoms with Gasteiger partial charge in [0.15, 0.2) is 0 Å². The van der Waals surface area contributed by atoms with Crippen molar-refractivity contribution < 1.29 is 9.90 Å². The molecule has 1 fully saturated rings. The Morgan fingerprint density at radius 1 is 1.29 bits per heavy atom. The van der Waals surface area contributed by atoms with E-state index in [1.807, 2.05) is 18.2 Å². The van der Waals surface area contributed by atoms with Crippen molar-refractivity contribution in [1.82, 2.24) is 15.3 Å². The van der Waals surface area contributed by atoms with Gasteiger partial charge in [0.25, 0.3) is 0 Å². The van der Waals surface area contributed by atoms with Crippen LogP contribution in [0.15, 0.2) is 42.9 Å². The number of anilines is 1. The third kappa shape index (κ3) is 4.01. The topological polar surface area (TPSA) is 78.4 Å². The first-order valence-corrected chi connectivity index (χ1v) is 8.19. The Hall–Kier alpha value is -2.18. The maximum atomic E-state index is 12.3. The van der Waals surface area contributed by atoms with Gasteiger partial charge in [0.05, 0.1) is 12.5 Å². The number of carbonyl (C=O) groups excluding carboxylic acids is 1. The Morgan fingerprint density at radius 2 is 2.08 bits per heavy atom. The SMILES string of the molecule is O=C(Cc1ccc(Cl)cc1)NC1CN(c2ccncn2)CC1CO. The molecule has 7 heteroatoms. The number of benzene rings is 1. The molecule has 2 heterocycles. The van der Waals surface area contributed by atoms with Crippen LogP contribution in [0.5, 0.6) is 0 Å².